The van der Waals surface area contributed by atoms with Gasteiger partial charge in [-0.1, -0.05) is 18.2 Å². The summed E-state index contributed by atoms with van der Waals surface area (Å²) in [6.45, 7) is 0.270. The first kappa shape index (κ1) is 23.6. The van der Waals surface area contributed by atoms with Crippen molar-refractivity contribution in [3.63, 3.8) is 0 Å². The van der Waals surface area contributed by atoms with Gasteiger partial charge in [-0.3, -0.25) is 0 Å². The molecule has 2 fully saturated rings. The lowest BCUT2D eigenvalue weighted by atomic mass is 9.79. The molecule has 3 atom stereocenters. The van der Waals surface area contributed by atoms with E-state index < -0.39 is 28.5 Å². The first-order valence-corrected chi connectivity index (χ1v) is 14.2. The quantitative estimate of drug-likeness (QED) is 0.641. The molecule has 1 aromatic carbocycles. The van der Waals surface area contributed by atoms with Gasteiger partial charge < -0.3 is 5.32 Å². The van der Waals surface area contributed by atoms with Gasteiger partial charge in [0.1, 0.15) is 11.6 Å². The third-order valence-electron chi connectivity index (χ3n) is 8.05. The molecule has 2 aliphatic carbocycles. The van der Waals surface area contributed by atoms with Crippen LogP contribution in [0.15, 0.2) is 30.5 Å². The van der Waals surface area contributed by atoms with Crippen LogP contribution in [-0.2, 0) is 23.1 Å². The van der Waals surface area contributed by atoms with Gasteiger partial charge in [-0.15, -0.1) is 11.3 Å². The first-order valence-electron chi connectivity index (χ1n) is 12.0. The van der Waals surface area contributed by atoms with E-state index in [0.29, 0.717) is 17.1 Å². The molecule has 2 N–H and O–H groups in total. The summed E-state index contributed by atoms with van der Waals surface area (Å²) in [6, 6.07) is 6.32. The fraction of sp³-hybridized carbons (Fsp3) is 0.542. The van der Waals surface area contributed by atoms with Gasteiger partial charge in [0.15, 0.2) is 0 Å². The van der Waals surface area contributed by atoms with E-state index in [0.717, 1.165) is 54.0 Å². The highest BCUT2D eigenvalue weighted by atomic mass is 32.2. The molecule has 1 aromatic heterocycles. The second-order valence-corrected chi connectivity index (χ2v) is 12.8. The van der Waals surface area contributed by atoms with Crippen LogP contribution in [0.25, 0.3) is 16.1 Å². The Morgan fingerprint density at radius 3 is 2.66 bits per heavy atom. The van der Waals surface area contributed by atoms with Crippen molar-refractivity contribution in [3.8, 4) is 10.6 Å². The van der Waals surface area contributed by atoms with Crippen molar-refractivity contribution in [3.05, 3.63) is 46.5 Å². The number of halogens is 3. The Labute approximate surface area is 206 Å². The van der Waals surface area contributed by atoms with Crippen LogP contribution in [0.4, 0.5) is 13.2 Å². The van der Waals surface area contributed by atoms with E-state index in [-0.39, 0.29) is 18.4 Å². The Morgan fingerprint density at radius 1 is 1.17 bits per heavy atom. The largest absolute Gasteiger partial charge is 0.402 e. The number of hydrogen-bond acceptors (Lipinski definition) is 5. The number of nitrogens with one attached hydrogen (secondary N) is 2. The van der Waals surface area contributed by atoms with Gasteiger partial charge in [0.25, 0.3) is 10.2 Å². The fourth-order valence-corrected chi connectivity index (χ4v) is 9.07. The van der Waals surface area contributed by atoms with Crippen LogP contribution in [0.3, 0.4) is 0 Å². The number of rotatable bonds is 3. The highest BCUT2D eigenvalue weighted by molar-refractivity contribution is 7.87. The van der Waals surface area contributed by atoms with Crippen LogP contribution in [0, 0.1) is 11.8 Å². The van der Waals surface area contributed by atoms with Crippen LogP contribution in [0.1, 0.15) is 35.3 Å². The maximum absolute atomic E-state index is 13.1. The Morgan fingerprint density at radius 2 is 1.94 bits per heavy atom. The molecular weight excluding hydrogens is 497 g/mol. The lowest BCUT2D eigenvalue weighted by Gasteiger charge is -2.33. The Kier molecular flexibility index (Phi) is 5.65. The molecule has 1 saturated carbocycles. The standard InChI is InChI=1S/C24H27F3N4O2S2/c25-24(26,27)14-31-13-23(30-35(31,32)33)19-3-4-20(23)11-18-9-17(2-1-16(18)10-19)22-29-12-21(34-22)15-5-7-28-8-6-15/h1-2,5,9,12,19-20,28,30H,3-4,6-8,10-11,13-14H2/t19?,20-,23?/m1/s1. The number of thiazole rings is 1. The summed E-state index contributed by atoms with van der Waals surface area (Å²) in [5.74, 6) is -0.0605. The predicted molar refractivity (Wildman–Crippen MR) is 129 cm³/mol. The monoisotopic (exact) mass is 524 g/mol. The zero-order chi connectivity index (χ0) is 24.4. The van der Waals surface area contributed by atoms with E-state index in [2.05, 4.69) is 39.3 Å². The SMILES string of the molecule is O=S1(=O)NC2(CN1CC(F)(F)F)C1CC[C@@H]2Cc2cc(-c3ncc(C4=CCNCC4)s3)ccc2C1. The van der Waals surface area contributed by atoms with Gasteiger partial charge in [-0.25, -0.2) is 4.98 Å². The number of hydrogen-bond donors (Lipinski definition) is 2. The van der Waals surface area contributed by atoms with Gasteiger partial charge in [-0.2, -0.15) is 30.6 Å². The highest BCUT2D eigenvalue weighted by Gasteiger charge is 2.60. The molecule has 1 spiro atoms. The molecule has 2 bridgehead atoms. The van der Waals surface area contributed by atoms with E-state index in [1.54, 1.807) is 11.3 Å². The smallest absolute Gasteiger partial charge is 0.313 e. The summed E-state index contributed by atoms with van der Waals surface area (Å²) in [7, 11) is -4.17. The highest BCUT2D eigenvalue weighted by Crippen LogP contribution is 2.51. The molecule has 0 radical (unpaired) electrons. The molecule has 188 valence electrons. The maximum atomic E-state index is 13.1. The third kappa shape index (κ3) is 4.25. The average molecular weight is 525 g/mol. The van der Waals surface area contributed by atoms with Gasteiger partial charge in [0, 0.05) is 24.8 Å². The fourth-order valence-electron chi connectivity index (χ4n) is 6.38. The molecular formula is C24H27F3N4O2S2. The van der Waals surface area contributed by atoms with Crippen LogP contribution < -0.4 is 10.0 Å². The minimum Gasteiger partial charge on any atom is -0.313 e. The molecule has 6 rings (SSSR count). The summed E-state index contributed by atoms with van der Waals surface area (Å²) in [5.41, 5.74) is 3.82. The second kappa shape index (κ2) is 8.37. The molecule has 2 aliphatic heterocycles. The molecule has 6 nitrogen and oxygen atoms in total. The van der Waals surface area contributed by atoms with E-state index >= 15 is 0 Å². The topological polar surface area (TPSA) is 74.3 Å². The summed E-state index contributed by atoms with van der Waals surface area (Å²) < 4.78 is 68.0. The summed E-state index contributed by atoms with van der Waals surface area (Å²) >= 11 is 1.68. The lowest BCUT2D eigenvalue weighted by Crippen LogP contribution is -2.52. The summed E-state index contributed by atoms with van der Waals surface area (Å²) in [4.78, 5) is 5.85. The number of fused-ring (bicyclic) bond motifs is 1. The zero-order valence-electron chi connectivity index (χ0n) is 19.1. The Bertz CT molecular complexity index is 1290. The van der Waals surface area contributed by atoms with Crippen molar-refractivity contribution < 1.29 is 21.6 Å². The Hall–Kier alpha value is -1.79. The minimum absolute atomic E-state index is 0.0223. The Balaban J connectivity index is 1.28. The maximum Gasteiger partial charge on any atom is 0.402 e. The zero-order valence-corrected chi connectivity index (χ0v) is 20.7. The molecule has 1 saturated heterocycles. The minimum atomic E-state index is -4.57. The van der Waals surface area contributed by atoms with Crippen molar-refractivity contribution in [2.24, 2.45) is 11.8 Å². The second-order valence-electron chi connectivity index (χ2n) is 10.1. The van der Waals surface area contributed by atoms with E-state index in [4.69, 9.17) is 0 Å². The van der Waals surface area contributed by atoms with Crippen molar-refractivity contribution in [1.82, 2.24) is 19.3 Å². The number of alkyl halides is 3. The molecule has 2 unspecified atom stereocenters. The summed E-state index contributed by atoms with van der Waals surface area (Å²) in [5, 5.41) is 4.27. The predicted octanol–water partition coefficient (Wildman–Crippen LogP) is 3.76. The van der Waals surface area contributed by atoms with Gasteiger partial charge in [0.2, 0.25) is 0 Å². The first-order chi connectivity index (χ1) is 16.6. The number of benzene rings is 1. The van der Waals surface area contributed by atoms with Crippen LogP contribution in [-0.4, -0.2) is 55.6 Å². The van der Waals surface area contributed by atoms with Crippen LogP contribution in [0.2, 0.25) is 0 Å². The molecule has 11 heteroatoms. The van der Waals surface area contributed by atoms with Crippen molar-refractivity contribution in [1.29, 1.82) is 0 Å². The molecule has 0 amide bonds. The van der Waals surface area contributed by atoms with Crippen LogP contribution >= 0.6 is 11.3 Å². The van der Waals surface area contributed by atoms with Crippen molar-refractivity contribution >= 4 is 27.1 Å². The van der Waals surface area contributed by atoms with E-state index in [1.807, 2.05) is 6.20 Å². The van der Waals surface area contributed by atoms with Gasteiger partial charge >= 0.3 is 6.18 Å². The van der Waals surface area contributed by atoms with Gasteiger partial charge in [-0.05, 0) is 73.3 Å². The van der Waals surface area contributed by atoms with E-state index in [1.165, 1.54) is 10.5 Å². The molecule has 4 aliphatic rings. The lowest BCUT2D eigenvalue weighted by molar-refractivity contribution is -0.136. The normalized spacial score (nSPS) is 30.3. The molecule has 35 heavy (non-hydrogen) atoms. The average Bonchev–Trinajstić information content (AvgIpc) is 3.43. The number of aromatic nitrogens is 1. The molecule has 3 heterocycles. The summed E-state index contributed by atoms with van der Waals surface area (Å²) in [6.07, 6.45) is 3.49. The number of nitrogens with zero attached hydrogens (tertiary/aromatic N) is 2. The molecule has 2 aromatic rings. The third-order valence-corrected chi connectivity index (χ3v) is 10.7. The van der Waals surface area contributed by atoms with E-state index in [9.17, 15) is 21.6 Å². The van der Waals surface area contributed by atoms with Crippen LogP contribution in [0.5, 0.6) is 0 Å². The van der Waals surface area contributed by atoms with Crippen molar-refractivity contribution in [2.45, 2.75) is 43.8 Å². The van der Waals surface area contributed by atoms with Gasteiger partial charge in [0.05, 0.1) is 10.4 Å². The van der Waals surface area contributed by atoms with Crippen molar-refractivity contribution in [2.75, 3.05) is 26.2 Å².